The third-order valence-corrected chi connectivity index (χ3v) is 11.6. The number of aromatic nitrogens is 3. The van der Waals surface area contributed by atoms with Crippen LogP contribution in [0.5, 0.6) is 0 Å². The summed E-state index contributed by atoms with van der Waals surface area (Å²) in [5.74, 6) is -1.93. The van der Waals surface area contributed by atoms with Crippen molar-refractivity contribution in [3.63, 3.8) is 0 Å². The Morgan fingerprint density at radius 3 is 2.71 bits per heavy atom. The molecule has 2 aromatic carbocycles. The number of aryl methyl sites for hydroxylation is 1. The molecule has 3 aliphatic heterocycles. The fourth-order valence-electron chi connectivity index (χ4n) is 8.43. The second-order valence-electron chi connectivity index (χ2n) is 13.5. The Morgan fingerprint density at radius 1 is 1.19 bits per heavy atom. The van der Waals surface area contributed by atoms with Gasteiger partial charge in [-0.2, -0.15) is 5.26 Å². The molecular weight excluding hydrogens is 711 g/mol. The van der Waals surface area contributed by atoms with E-state index in [1.54, 1.807) is 23.1 Å². The number of rotatable bonds is 7. The highest BCUT2D eigenvalue weighted by Crippen LogP contribution is 2.51. The zero-order valence-corrected chi connectivity index (χ0v) is 29.8. The lowest BCUT2D eigenvalue weighted by Gasteiger charge is -2.39. The molecule has 3 aromatic heterocycles. The zero-order chi connectivity index (χ0) is 36.4. The molecule has 9 rings (SSSR count). The van der Waals surface area contributed by atoms with E-state index in [1.165, 1.54) is 26.4 Å². The molecule has 0 radical (unpaired) electrons. The average Bonchev–Trinajstić information content (AvgIpc) is 3.96. The molecule has 1 aliphatic carbocycles. The third kappa shape index (κ3) is 5.28. The van der Waals surface area contributed by atoms with Gasteiger partial charge < -0.3 is 19.9 Å². The van der Waals surface area contributed by atoms with Gasteiger partial charge in [0.05, 0.1) is 46.5 Å². The molecule has 10 nitrogen and oxygen atoms in total. The molecule has 5 aromatic rings. The second kappa shape index (κ2) is 13.3. The lowest BCUT2D eigenvalue weighted by Crippen LogP contribution is -2.41. The van der Waals surface area contributed by atoms with E-state index in [2.05, 4.69) is 26.3 Å². The van der Waals surface area contributed by atoms with Crippen molar-refractivity contribution < 1.29 is 23.1 Å². The van der Waals surface area contributed by atoms with E-state index in [0.29, 0.717) is 40.4 Å². The number of nitriles is 1. The predicted molar refractivity (Wildman–Crippen MR) is 193 cm³/mol. The summed E-state index contributed by atoms with van der Waals surface area (Å²) >= 11 is 13.1. The highest BCUT2D eigenvalue weighted by atomic mass is 35.5. The van der Waals surface area contributed by atoms with E-state index in [0.717, 1.165) is 25.1 Å². The van der Waals surface area contributed by atoms with Crippen LogP contribution in [-0.4, -0.2) is 64.7 Å². The minimum absolute atomic E-state index is 0.00631. The smallest absolute Gasteiger partial charge is 0.410 e. The highest BCUT2D eigenvalue weighted by molar-refractivity contribution is 6.43. The summed E-state index contributed by atoms with van der Waals surface area (Å²) in [6.07, 6.45) is 3.67. The first-order chi connectivity index (χ1) is 25.2. The van der Waals surface area contributed by atoms with Gasteiger partial charge >= 0.3 is 6.09 Å². The second-order valence-corrected chi connectivity index (χ2v) is 14.3. The molecule has 4 fully saturated rings. The summed E-state index contributed by atoms with van der Waals surface area (Å²) in [5.41, 5.74) is 2.70. The number of hydrogen-bond donors (Lipinski definition) is 2. The Kier molecular flexibility index (Phi) is 8.76. The lowest BCUT2D eigenvalue weighted by atomic mass is 9.79. The molecule has 6 heterocycles. The maximum absolute atomic E-state index is 17.5. The van der Waals surface area contributed by atoms with Crippen molar-refractivity contribution in [2.24, 2.45) is 5.92 Å². The number of pyridine rings is 2. The van der Waals surface area contributed by atoms with Crippen molar-refractivity contribution in [2.75, 3.05) is 27.2 Å². The number of carbonyl (C=O) groups excluding carboxylic acids is 2. The van der Waals surface area contributed by atoms with Crippen molar-refractivity contribution in [1.29, 1.82) is 5.26 Å². The molecule has 3 saturated heterocycles. The fourth-order valence-corrected chi connectivity index (χ4v) is 8.83. The standard InChI is InChI=1S/C38H33Cl2F2N7O3/c1-44-37(50)34-25(41)13-19(16-46-34)32-23-15-28(27-9-5-11-48(27)38(51)52-2)49(35-20-14-26(35)45-17-20)36(23)22-12-18(6-4-10-43)29(31(42)33(22)47-32)21-7-3-8-24(39)30(21)40/h3,7-8,12-13,15-16,20,26-27,35,45H,4-6,9,11,14,17H2,1-2H3,(H,44,50)/t20-,26-,27-,35+/m1/s1. The van der Waals surface area contributed by atoms with Crippen LogP contribution >= 0.6 is 23.2 Å². The van der Waals surface area contributed by atoms with Crippen molar-refractivity contribution in [3.05, 3.63) is 81.2 Å². The van der Waals surface area contributed by atoms with E-state index in [4.69, 9.17) is 32.9 Å². The number of fused-ring (bicyclic) bond motifs is 4. The van der Waals surface area contributed by atoms with Crippen LogP contribution in [-0.2, 0) is 11.2 Å². The van der Waals surface area contributed by atoms with E-state index in [-0.39, 0.29) is 75.0 Å². The van der Waals surface area contributed by atoms with E-state index in [1.807, 2.05) is 12.1 Å². The molecule has 4 atom stereocenters. The Bertz CT molecular complexity index is 2350. The van der Waals surface area contributed by atoms with E-state index < -0.39 is 23.6 Å². The molecule has 0 spiro atoms. The Balaban J connectivity index is 1.50. The van der Waals surface area contributed by atoms with E-state index >= 15 is 8.78 Å². The third-order valence-electron chi connectivity index (χ3n) is 10.8. The van der Waals surface area contributed by atoms with Gasteiger partial charge in [-0.25, -0.2) is 23.5 Å². The molecule has 4 aliphatic rings. The molecule has 14 heteroatoms. The first kappa shape index (κ1) is 34.3. The molecule has 2 amide bonds. The summed E-state index contributed by atoms with van der Waals surface area (Å²) in [4.78, 5) is 36.2. The van der Waals surface area contributed by atoms with Crippen LogP contribution in [0.2, 0.25) is 10.0 Å². The minimum atomic E-state index is -0.862. The number of nitrogens with one attached hydrogen (secondary N) is 2. The van der Waals surface area contributed by atoms with Gasteiger partial charge in [0.1, 0.15) is 5.52 Å². The summed E-state index contributed by atoms with van der Waals surface area (Å²) in [6.45, 7) is 1.32. The van der Waals surface area contributed by atoms with E-state index in [9.17, 15) is 14.9 Å². The number of carbonyl (C=O) groups is 2. The number of ether oxygens (including phenoxy) is 1. The summed E-state index contributed by atoms with van der Waals surface area (Å²) in [7, 11) is 2.74. The summed E-state index contributed by atoms with van der Waals surface area (Å²) in [6, 6.07) is 12.0. The van der Waals surface area contributed by atoms with Crippen LogP contribution in [0.4, 0.5) is 13.6 Å². The van der Waals surface area contributed by atoms with Gasteiger partial charge in [-0.15, -0.1) is 0 Å². The quantitative estimate of drug-likeness (QED) is 0.175. The number of methoxy groups -OCH3 is 1. The number of halogens is 4. The SMILES string of the molecule is CNC(=O)c1ncc(-c2nc3c(F)c(-c4cccc(Cl)c4Cl)c(CCC#N)cc3c3c2cc([C@H]2CCCN2C(=O)OC)n3[C@H]2[C@H]3CN[C@@H]2C3)cc1F. The number of amides is 2. The van der Waals surface area contributed by atoms with Gasteiger partial charge in [0, 0.05) is 72.0 Å². The largest absolute Gasteiger partial charge is 0.453 e. The van der Waals surface area contributed by atoms with Crippen molar-refractivity contribution in [3.8, 4) is 28.5 Å². The van der Waals surface area contributed by atoms with Gasteiger partial charge in [-0.3, -0.25) is 9.69 Å². The monoisotopic (exact) mass is 743 g/mol. The maximum atomic E-state index is 17.5. The first-order valence-corrected chi connectivity index (χ1v) is 17.9. The van der Waals surface area contributed by atoms with Gasteiger partial charge in [-0.1, -0.05) is 35.3 Å². The molecule has 2 bridgehead atoms. The van der Waals surface area contributed by atoms with Gasteiger partial charge in [0.2, 0.25) is 0 Å². The van der Waals surface area contributed by atoms with Gasteiger partial charge in [0.15, 0.2) is 17.3 Å². The van der Waals surface area contributed by atoms with Crippen LogP contribution in [0.3, 0.4) is 0 Å². The number of benzene rings is 2. The van der Waals surface area contributed by atoms with Crippen molar-refractivity contribution >= 4 is 57.0 Å². The highest BCUT2D eigenvalue weighted by Gasteiger charge is 2.50. The van der Waals surface area contributed by atoms with Crippen LogP contribution < -0.4 is 10.6 Å². The Morgan fingerprint density at radius 2 is 2.02 bits per heavy atom. The summed E-state index contributed by atoms with van der Waals surface area (Å²) in [5, 5.41) is 17.1. The topological polar surface area (TPSA) is 125 Å². The maximum Gasteiger partial charge on any atom is 0.410 e. The Labute approximate surface area is 307 Å². The van der Waals surface area contributed by atoms with Gasteiger partial charge in [0.25, 0.3) is 5.91 Å². The summed E-state index contributed by atoms with van der Waals surface area (Å²) < 4.78 is 40.5. The number of hydrogen-bond acceptors (Lipinski definition) is 7. The lowest BCUT2D eigenvalue weighted by molar-refractivity contribution is 0.0953. The van der Waals surface area contributed by atoms with Crippen molar-refractivity contribution in [2.45, 2.75) is 50.2 Å². The Hall–Kier alpha value is -4.83. The normalized spacial score (nSPS) is 20.7. The zero-order valence-electron chi connectivity index (χ0n) is 28.3. The average molecular weight is 745 g/mol. The fraction of sp³-hybridized carbons (Fsp3) is 0.342. The molecule has 2 N–H and O–H groups in total. The van der Waals surface area contributed by atoms with Crippen LogP contribution in [0.1, 0.15) is 59.5 Å². The van der Waals surface area contributed by atoms with Crippen LogP contribution in [0.15, 0.2) is 42.6 Å². The molecule has 0 unspecified atom stereocenters. The molecule has 52 heavy (non-hydrogen) atoms. The minimum Gasteiger partial charge on any atom is -0.453 e. The van der Waals surface area contributed by atoms with Crippen LogP contribution in [0, 0.1) is 28.9 Å². The van der Waals surface area contributed by atoms with Crippen molar-refractivity contribution in [1.82, 2.24) is 30.1 Å². The van der Waals surface area contributed by atoms with Crippen LogP contribution in [0.25, 0.3) is 44.2 Å². The molecular formula is C38H33Cl2F2N7O3. The molecule has 1 saturated carbocycles. The predicted octanol–water partition coefficient (Wildman–Crippen LogP) is 7.76. The number of likely N-dealkylation sites (tertiary alicyclic amines) is 1. The first-order valence-electron chi connectivity index (χ1n) is 17.1. The molecule has 266 valence electrons. The van der Waals surface area contributed by atoms with Gasteiger partial charge in [-0.05, 0) is 61.4 Å². The number of nitrogens with zero attached hydrogens (tertiary/aromatic N) is 5.